The van der Waals surface area contributed by atoms with Gasteiger partial charge in [0.15, 0.2) is 0 Å². The van der Waals surface area contributed by atoms with Gasteiger partial charge in [0.2, 0.25) is 21.8 Å². The van der Waals surface area contributed by atoms with Gasteiger partial charge >= 0.3 is 0 Å². The van der Waals surface area contributed by atoms with Crippen molar-refractivity contribution in [3.8, 4) is 0 Å². The summed E-state index contributed by atoms with van der Waals surface area (Å²) < 4.78 is 43.4. The summed E-state index contributed by atoms with van der Waals surface area (Å²) in [5.74, 6) is -0.571. The standard InChI is InChI=1S/C26H33FN4O4S/c1-18(2)16-23(26(33)30-14-12-29(13-15-30)25-7-5-4-6-22(25)27)28-36(34,35)21-8-9-24-20(17-21)10-11-31(24)19(3)32/h4-9,17-18,23,28H,10-16H2,1-3H3. The summed E-state index contributed by atoms with van der Waals surface area (Å²) in [6.45, 7) is 7.57. The molecule has 2 heterocycles. The zero-order valence-electron chi connectivity index (χ0n) is 20.9. The number of benzene rings is 2. The zero-order valence-corrected chi connectivity index (χ0v) is 21.7. The Kier molecular flexibility index (Phi) is 7.65. The van der Waals surface area contributed by atoms with E-state index in [0.29, 0.717) is 51.3 Å². The number of rotatable bonds is 7. The minimum absolute atomic E-state index is 0.0811. The molecule has 1 fully saturated rings. The number of carbonyl (C=O) groups is 2. The van der Waals surface area contributed by atoms with Crippen molar-refractivity contribution in [2.24, 2.45) is 5.92 Å². The number of hydrogen-bond acceptors (Lipinski definition) is 5. The highest BCUT2D eigenvalue weighted by atomic mass is 32.2. The Labute approximate surface area is 212 Å². The van der Waals surface area contributed by atoms with Gasteiger partial charge in [-0.1, -0.05) is 26.0 Å². The molecular formula is C26H33FN4O4S. The summed E-state index contributed by atoms with van der Waals surface area (Å²) in [4.78, 5) is 30.5. The maximum Gasteiger partial charge on any atom is 0.241 e. The van der Waals surface area contributed by atoms with Gasteiger partial charge in [-0.2, -0.15) is 4.72 Å². The highest BCUT2D eigenvalue weighted by Gasteiger charge is 2.33. The van der Waals surface area contributed by atoms with E-state index < -0.39 is 16.1 Å². The number of piperazine rings is 1. The molecule has 1 atom stereocenters. The van der Waals surface area contributed by atoms with Crippen molar-refractivity contribution in [3.63, 3.8) is 0 Å². The van der Waals surface area contributed by atoms with Crippen LogP contribution in [0.4, 0.5) is 15.8 Å². The second kappa shape index (κ2) is 10.6. The van der Waals surface area contributed by atoms with E-state index in [-0.39, 0.29) is 28.4 Å². The van der Waals surface area contributed by atoms with Crippen LogP contribution >= 0.6 is 0 Å². The number of hydrogen-bond donors (Lipinski definition) is 1. The molecule has 194 valence electrons. The van der Waals surface area contributed by atoms with Crippen molar-refractivity contribution in [2.45, 2.75) is 44.6 Å². The lowest BCUT2D eigenvalue weighted by Gasteiger charge is -2.38. The van der Waals surface area contributed by atoms with Crippen molar-refractivity contribution >= 4 is 33.2 Å². The second-order valence-corrected chi connectivity index (χ2v) is 11.5. The first-order chi connectivity index (χ1) is 17.1. The lowest BCUT2D eigenvalue weighted by atomic mass is 10.0. The third-order valence-electron chi connectivity index (χ3n) is 6.72. The molecule has 2 aliphatic heterocycles. The van der Waals surface area contributed by atoms with E-state index in [1.54, 1.807) is 40.1 Å². The van der Waals surface area contributed by atoms with Crippen LogP contribution in [0.15, 0.2) is 47.4 Å². The Morgan fingerprint density at radius 1 is 1.00 bits per heavy atom. The molecule has 4 rings (SSSR count). The number of nitrogens with one attached hydrogen (secondary N) is 1. The van der Waals surface area contributed by atoms with Gasteiger partial charge in [-0.15, -0.1) is 0 Å². The van der Waals surface area contributed by atoms with E-state index in [1.807, 2.05) is 18.7 Å². The molecule has 10 heteroatoms. The summed E-state index contributed by atoms with van der Waals surface area (Å²) in [5.41, 5.74) is 2.03. The fraction of sp³-hybridized carbons (Fsp3) is 0.462. The summed E-state index contributed by atoms with van der Waals surface area (Å²) in [7, 11) is -3.97. The molecule has 2 aromatic carbocycles. The molecule has 1 N–H and O–H groups in total. The largest absolute Gasteiger partial charge is 0.366 e. The summed E-state index contributed by atoms with van der Waals surface area (Å²) >= 11 is 0. The summed E-state index contributed by atoms with van der Waals surface area (Å²) in [6, 6.07) is 10.4. The molecule has 2 aliphatic rings. The van der Waals surface area contributed by atoms with Crippen LogP contribution in [0.5, 0.6) is 0 Å². The first-order valence-corrected chi connectivity index (χ1v) is 13.8. The van der Waals surface area contributed by atoms with E-state index >= 15 is 0 Å². The average Bonchev–Trinajstić information content (AvgIpc) is 3.27. The predicted octanol–water partition coefficient (Wildman–Crippen LogP) is 2.78. The first kappa shape index (κ1) is 26.1. The highest BCUT2D eigenvalue weighted by molar-refractivity contribution is 7.89. The number of anilines is 2. The molecular weight excluding hydrogens is 483 g/mol. The summed E-state index contributed by atoms with van der Waals surface area (Å²) in [5, 5.41) is 0. The topological polar surface area (TPSA) is 90.0 Å². The van der Waals surface area contributed by atoms with Gasteiger partial charge in [0.05, 0.1) is 10.6 Å². The van der Waals surface area contributed by atoms with E-state index in [2.05, 4.69) is 4.72 Å². The lowest BCUT2D eigenvalue weighted by molar-refractivity contribution is -0.133. The molecule has 0 bridgehead atoms. The fourth-order valence-electron chi connectivity index (χ4n) is 4.89. The number of fused-ring (bicyclic) bond motifs is 1. The van der Waals surface area contributed by atoms with Crippen LogP contribution in [0.1, 0.15) is 32.8 Å². The lowest BCUT2D eigenvalue weighted by Crippen LogP contribution is -2.55. The Morgan fingerprint density at radius 2 is 1.69 bits per heavy atom. The van der Waals surface area contributed by atoms with Crippen LogP contribution in [0.2, 0.25) is 0 Å². The SMILES string of the molecule is CC(=O)N1CCc2cc(S(=O)(=O)NC(CC(C)C)C(=O)N3CCN(c4ccccc4F)CC3)ccc21. The third kappa shape index (κ3) is 5.54. The molecule has 0 aliphatic carbocycles. The monoisotopic (exact) mass is 516 g/mol. The van der Waals surface area contributed by atoms with Crippen molar-refractivity contribution < 1.29 is 22.4 Å². The maximum absolute atomic E-state index is 14.2. The molecule has 1 unspecified atom stereocenters. The van der Waals surface area contributed by atoms with E-state index in [0.717, 1.165) is 11.3 Å². The van der Waals surface area contributed by atoms with Crippen molar-refractivity contribution in [1.82, 2.24) is 9.62 Å². The Morgan fingerprint density at radius 3 is 2.33 bits per heavy atom. The quantitative estimate of drug-likeness (QED) is 0.611. The predicted molar refractivity (Wildman–Crippen MR) is 137 cm³/mol. The van der Waals surface area contributed by atoms with E-state index in [1.165, 1.54) is 19.1 Å². The molecule has 2 amide bonds. The minimum Gasteiger partial charge on any atom is -0.366 e. The first-order valence-electron chi connectivity index (χ1n) is 12.3. The number of nitrogens with zero attached hydrogens (tertiary/aromatic N) is 3. The third-order valence-corrected chi connectivity index (χ3v) is 8.19. The average molecular weight is 517 g/mol. The molecule has 0 aromatic heterocycles. The maximum atomic E-state index is 14.2. The summed E-state index contributed by atoms with van der Waals surface area (Å²) in [6.07, 6.45) is 0.938. The Hall–Kier alpha value is -2.98. The smallest absolute Gasteiger partial charge is 0.241 e. The second-order valence-electron chi connectivity index (χ2n) is 9.78. The van der Waals surface area contributed by atoms with Gasteiger partial charge in [-0.25, -0.2) is 12.8 Å². The highest BCUT2D eigenvalue weighted by Crippen LogP contribution is 2.30. The van der Waals surface area contributed by atoms with Crippen molar-refractivity contribution in [3.05, 3.63) is 53.8 Å². The number of carbonyl (C=O) groups excluding carboxylic acids is 2. The van der Waals surface area contributed by atoms with Crippen molar-refractivity contribution in [2.75, 3.05) is 42.5 Å². The van der Waals surface area contributed by atoms with Crippen LogP contribution in [-0.4, -0.2) is 63.9 Å². The van der Waals surface area contributed by atoms with Crippen molar-refractivity contribution in [1.29, 1.82) is 0 Å². The Bertz CT molecular complexity index is 1240. The molecule has 1 saturated heterocycles. The Balaban J connectivity index is 1.47. The van der Waals surface area contributed by atoms with Gasteiger partial charge in [0, 0.05) is 45.3 Å². The van der Waals surface area contributed by atoms with Gasteiger partial charge in [0.1, 0.15) is 11.9 Å². The van der Waals surface area contributed by atoms with Crippen LogP contribution in [-0.2, 0) is 26.0 Å². The van der Waals surface area contributed by atoms with Crippen LogP contribution < -0.4 is 14.5 Å². The van der Waals surface area contributed by atoms with Crippen LogP contribution in [0.25, 0.3) is 0 Å². The van der Waals surface area contributed by atoms with Gasteiger partial charge in [-0.3, -0.25) is 9.59 Å². The molecule has 36 heavy (non-hydrogen) atoms. The molecule has 0 saturated carbocycles. The molecule has 0 spiro atoms. The van der Waals surface area contributed by atoms with E-state index in [9.17, 15) is 22.4 Å². The number of amides is 2. The van der Waals surface area contributed by atoms with Gasteiger partial charge in [-0.05, 0) is 54.7 Å². The van der Waals surface area contributed by atoms with Crippen LogP contribution in [0, 0.1) is 11.7 Å². The molecule has 2 aromatic rings. The normalized spacial score (nSPS) is 16.9. The van der Waals surface area contributed by atoms with E-state index in [4.69, 9.17) is 0 Å². The number of sulfonamides is 1. The molecule has 8 nitrogen and oxygen atoms in total. The van der Waals surface area contributed by atoms with Gasteiger partial charge in [0.25, 0.3) is 0 Å². The molecule has 0 radical (unpaired) electrons. The zero-order chi connectivity index (χ0) is 26.0. The number of para-hydroxylation sites is 1. The van der Waals surface area contributed by atoms with Gasteiger partial charge < -0.3 is 14.7 Å². The van der Waals surface area contributed by atoms with Crippen LogP contribution in [0.3, 0.4) is 0 Å². The fourth-order valence-corrected chi connectivity index (χ4v) is 6.15. The minimum atomic E-state index is -3.97. The number of halogens is 1.